The molecule has 0 unspecified atom stereocenters. The van der Waals surface area contributed by atoms with E-state index < -0.39 is 0 Å². The summed E-state index contributed by atoms with van der Waals surface area (Å²) in [5.74, 6) is -0.0186. The van der Waals surface area contributed by atoms with Crippen molar-refractivity contribution in [1.29, 1.82) is 0 Å². The average Bonchev–Trinajstić information content (AvgIpc) is 3.27. The lowest BCUT2D eigenvalue weighted by Crippen LogP contribution is -2.28. The smallest absolute Gasteiger partial charge is 0.261 e. The molecule has 5 nitrogen and oxygen atoms in total. The summed E-state index contributed by atoms with van der Waals surface area (Å²) in [5.41, 5.74) is 0.972. The van der Waals surface area contributed by atoms with Crippen molar-refractivity contribution in [2.75, 3.05) is 13.6 Å². The van der Waals surface area contributed by atoms with Gasteiger partial charge in [-0.05, 0) is 30.0 Å². The molecular formula is C18H19N3O2S2. The summed E-state index contributed by atoms with van der Waals surface area (Å²) < 4.78 is 1.13. The van der Waals surface area contributed by atoms with E-state index in [0.29, 0.717) is 30.8 Å². The van der Waals surface area contributed by atoms with Gasteiger partial charge in [0.25, 0.3) is 5.91 Å². The van der Waals surface area contributed by atoms with Crippen LogP contribution in [-0.2, 0) is 11.3 Å². The molecular weight excluding hydrogens is 354 g/mol. The summed E-state index contributed by atoms with van der Waals surface area (Å²) in [6.07, 6.45) is 1.03. The van der Waals surface area contributed by atoms with Crippen molar-refractivity contribution < 1.29 is 9.59 Å². The van der Waals surface area contributed by atoms with Gasteiger partial charge in [-0.1, -0.05) is 18.2 Å². The molecule has 0 saturated carbocycles. The molecule has 1 aromatic carbocycles. The van der Waals surface area contributed by atoms with Crippen molar-refractivity contribution in [1.82, 2.24) is 15.2 Å². The number of rotatable bonds is 7. The van der Waals surface area contributed by atoms with E-state index in [4.69, 9.17) is 0 Å². The molecule has 0 spiro atoms. The summed E-state index contributed by atoms with van der Waals surface area (Å²) in [4.78, 5) is 31.0. The second-order valence-corrected chi connectivity index (χ2v) is 7.72. The Kier molecular flexibility index (Phi) is 5.78. The zero-order valence-electron chi connectivity index (χ0n) is 13.9. The normalized spacial score (nSPS) is 10.8. The highest BCUT2D eigenvalue weighted by Gasteiger charge is 2.12. The third kappa shape index (κ3) is 4.64. The monoisotopic (exact) mass is 373 g/mol. The van der Waals surface area contributed by atoms with Crippen LogP contribution in [0.2, 0.25) is 0 Å². The molecule has 2 aromatic heterocycles. The van der Waals surface area contributed by atoms with Gasteiger partial charge in [-0.25, -0.2) is 4.98 Å². The first-order valence-electron chi connectivity index (χ1n) is 8.03. The van der Waals surface area contributed by atoms with Crippen LogP contribution >= 0.6 is 22.7 Å². The van der Waals surface area contributed by atoms with Gasteiger partial charge >= 0.3 is 0 Å². The summed E-state index contributed by atoms with van der Waals surface area (Å²) in [6, 6.07) is 11.6. The van der Waals surface area contributed by atoms with Gasteiger partial charge in [0.05, 0.1) is 21.6 Å². The number of carbonyl (C=O) groups is 2. The highest BCUT2D eigenvalue weighted by atomic mass is 32.1. The number of carbonyl (C=O) groups excluding carboxylic acids is 2. The Bertz CT molecular complexity index is 825. The number of nitrogens with zero attached hydrogens (tertiary/aromatic N) is 2. The van der Waals surface area contributed by atoms with E-state index in [2.05, 4.69) is 10.3 Å². The Hall–Kier alpha value is -2.25. The van der Waals surface area contributed by atoms with E-state index in [0.717, 1.165) is 15.2 Å². The van der Waals surface area contributed by atoms with Crippen LogP contribution in [0.3, 0.4) is 0 Å². The van der Waals surface area contributed by atoms with Crippen molar-refractivity contribution in [2.24, 2.45) is 0 Å². The molecule has 2 amide bonds. The number of thiazole rings is 1. The van der Waals surface area contributed by atoms with Crippen LogP contribution < -0.4 is 5.32 Å². The van der Waals surface area contributed by atoms with Gasteiger partial charge in [0.1, 0.15) is 5.01 Å². The number of hydrogen-bond acceptors (Lipinski definition) is 5. The van der Waals surface area contributed by atoms with Gasteiger partial charge in [0.15, 0.2) is 0 Å². The number of hydrogen-bond donors (Lipinski definition) is 1. The fourth-order valence-corrected chi connectivity index (χ4v) is 4.07. The molecule has 0 fully saturated rings. The maximum Gasteiger partial charge on any atom is 0.261 e. The first kappa shape index (κ1) is 17.6. The molecule has 0 aliphatic heterocycles. The number of amides is 2. The van der Waals surface area contributed by atoms with Crippen LogP contribution in [0.1, 0.15) is 27.5 Å². The maximum absolute atomic E-state index is 12.2. The SMILES string of the molecule is CN(Cc1nc2ccccc2s1)C(=O)CCCNC(=O)c1cccs1. The fourth-order valence-electron chi connectivity index (χ4n) is 2.41. The van der Waals surface area contributed by atoms with Crippen molar-refractivity contribution in [3.8, 4) is 0 Å². The van der Waals surface area contributed by atoms with Gasteiger partial charge < -0.3 is 10.2 Å². The molecule has 2 heterocycles. The van der Waals surface area contributed by atoms with Crippen molar-refractivity contribution in [3.63, 3.8) is 0 Å². The predicted molar refractivity (Wildman–Crippen MR) is 102 cm³/mol. The Morgan fingerprint density at radius 2 is 2.04 bits per heavy atom. The number of nitrogens with one attached hydrogen (secondary N) is 1. The molecule has 0 atom stereocenters. The first-order chi connectivity index (χ1) is 12.1. The summed E-state index contributed by atoms with van der Waals surface area (Å²) in [5, 5.41) is 5.64. The zero-order valence-corrected chi connectivity index (χ0v) is 15.5. The van der Waals surface area contributed by atoms with Gasteiger partial charge in [0, 0.05) is 20.0 Å². The molecule has 0 aliphatic carbocycles. The minimum atomic E-state index is -0.0784. The van der Waals surface area contributed by atoms with Gasteiger partial charge in [-0.2, -0.15) is 0 Å². The highest BCUT2D eigenvalue weighted by Crippen LogP contribution is 2.22. The van der Waals surface area contributed by atoms with Crippen LogP contribution in [-0.4, -0.2) is 35.3 Å². The lowest BCUT2D eigenvalue weighted by molar-refractivity contribution is -0.130. The predicted octanol–water partition coefficient (Wildman–Crippen LogP) is 3.53. The zero-order chi connectivity index (χ0) is 17.6. The third-order valence-electron chi connectivity index (χ3n) is 3.73. The van der Waals surface area contributed by atoms with Gasteiger partial charge in [0.2, 0.25) is 5.91 Å². The largest absolute Gasteiger partial charge is 0.351 e. The van der Waals surface area contributed by atoms with Crippen LogP contribution in [0.25, 0.3) is 10.2 Å². The molecule has 130 valence electrons. The van der Waals surface area contributed by atoms with E-state index in [-0.39, 0.29) is 11.8 Å². The number of benzene rings is 1. The molecule has 0 aliphatic rings. The summed E-state index contributed by atoms with van der Waals surface area (Å²) in [7, 11) is 1.79. The fraction of sp³-hybridized carbons (Fsp3) is 0.278. The first-order valence-corrected chi connectivity index (χ1v) is 9.73. The summed E-state index contributed by atoms with van der Waals surface area (Å²) in [6.45, 7) is 1.01. The van der Waals surface area contributed by atoms with Crippen molar-refractivity contribution >= 4 is 44.7 Å². The van der Waals surface area contributed by atoms with Crippen molar-refractivity contribution in [2.45, 2.75) is 19.4 Å². The van der Waals surface area contributed by atoms with E-state index in [1.54, 1.807) is 29.4 Å². The van der Waals surface area contributed by atoms with Crippen LogP contribution in [0.15, 0.2) is 41.8 Å². The third-order valence-corrected chi connectivity index (χ3v) is 5.62. The summed E-state index contributed by atoms with van der Waals surface area (Å²) >= 11 is 3.02. The van der Waals surface area contributed by atoms with Crippen molar-refractivity contribution in [3.05, 3.63) is 51.7 Å². The average molecular weight is 374 g/mol. The van der Waals surface area contributed by atoms with Gasteiger partial charge in [-0.3, -0.25) is 9.59 Å². The van der Waals surface area contributed by atoms with E-state index in [1.165, 1.54) is 11.3 Å². The molecule has 0 radical (unpaired) electrons. The Morgan fingerprint density at radius 1 is 1.20 bits per heavy atom. The van der Waals surface area contributed by atoms with Gasteiger partial charge in [-0.15, -0.1) is 22.7 Å². The molecule has 7 heteroatoms. The minimum absolute atomic E-state index is 0.0598. The Labute approximate surface area is 154 Å². The minimum Gasteiger partial charge on any atom is -0.351 e. The quantitative estimate of drug-likeness (QED) is 0.645. The second-order valence-electron chi connectivity index (χ2n) is 5.66. The number of thiophene rings is 1. The lowest BCUT2D eigenvalue weighted by Gasteiger charge is -2.15. The number of aromatic nitrogens is 1. The van der Waals surface area contributed by atoms with Crippen LogP contribution in [0.5, 0.6) is 0 Å². The van der Waals surface area contributed by atoms with Crippen LogP contribution in [0.4, 0.5) is 0 Å². The van der Waals surface area contributed by atoms with Crippen LogP contribution in [0, 0.1) is 0 Å². The molecule has 1 N–H and O–H groups in total. The Balaban J connectivity index is 1.42. The standard InChI is InChI=1S/C18H19N3O2S2/c1-21(12-16-20-13-6-2-3-7-14(13)25-16)17(22)9-4-10-19-18(23)15-8-5-11-24-15/h2-3,5-8,11H,4,9-10,12H2,1H3,(H,19,23). The topological polar surface area (TPSA) is 62.3 Å². The molecule has 3 rings (SSSR count). The molecule has 0 bridgehead atoms. The second kappa shape index (κ2) is 8.22. The van der Waals surface area contributed by atoms with E-state index in [1.807, 2.05) is 35.7 Å². The van der Waals surface area contributed by atoms with E-state index >= 15 is 0 Å². The molecule has 0 saturated heterocycles. The number of para-hydroxylation sites is 1. The highest BCUT2D eigenvalue weighted by molar-refractivity contribution is 7.18. The van der Waals surface area contributed by atoms with E-state index in [9.17, 15) is 9.59 Å². The maximum atomic E-state index is 12.2. The number of fused-ring (bicyclic) bond motifs is 1. The lowest BCUT2D eigenvalue weighted by atomic mass is 10.2. The Morgan fingerprint density at radius 3 is 2.80 bits per heavy atom. The molecule has 25 heavy (non-hydrogen) atoms. The molecule has 3 aromatic rings.